The summed E-state index contributed by atoms with van der Waals surface area (Å²) in [6.45, 7) is 16.8. The molecule has 22 heavy (non-hydrogen) atoms. The minimum atomic E-state index is 0.499. The molecule has 0 amide bonds. The van der Waals surface area contributed by atoms with Crippen molar-refractivity contribution in [3.8, 4) is 6.07 Å². The van der Waals surface area contributed by atoms with Gasteiger partial charge in [-0.2, -0.15) is 5.26 Å². The maximum atomic E-state index is 9.42. The van der Waals surface area contributed by atoms with Crippen molar-refractivity contribution in [3.05, 3.63) is 58.7 Å². The summed E-state index contributed by atoms with van der Waals surface area (Å²) < 4.78 is 0. The number of hydrogen-bond donors (Lipinski definition) is 0. The fourth-order valence-electron chi connectivity index (χ4n) is 2.78. The molecule has 0 aliphatic rings. The third-order valence-corrected chi connectivity index (χ3v) is 4.00. The smallest absolute Gasteiger partial charge is 0.0991 e. The predicted molar refractivity (Wildman–Crippen MR) is 98.5 cm³/mol. The molecular formula is C21H31N. The summed E-state index contributed by atoms with van der Waals surface area (Å²) in [5, 5.41) is 9.42. The van der Waals surface area contributed by atoms with Crippen LogP contribution in [0.1, 0.15) is 60.8 Å². The van der Waals surface area contributed by atoms with Crippen molar-refractivity contribution in [2.75, 3.05) is 0 Å². The summed E-state index contributed by atoms with van der Waals surface area (Å²) in [7, 11) is 0. The van der Waals surface area contributed by atoms with Gasteiger partial charge in [-0.05, 0) is 56.3 Å². The van der Waals surface area contributed by atoms with E-state index in [-0.39, 0.29) is 0 Å². The van der Waals surface area contributed by atoms with Crippen LogP contribution in [0.15, 0.2) is 58.7 Å². The lowest BCUT2D eigenvalue weighted by molar-refractivity contribution is 0.743. The van der Waals surface area contributed by atoms with Gasteiger partial charge >= 0.3 is 0 Å². The fraction of sp³-hybridized carbons (Fsp3) is 0.476. The number of nitriles is 1. The molecule has 1 nitrogen and oxygen atoms in total. The second kappa shape index (κ2) is 10.9. The summed E-state index contributed by atoms with van der Waals surface area (Å²) in [6, 6.07) is 2.34. The largest absolute Gasteiger partial charge is 0.192 e. The highest BCUT2D eigenvalue weighted by atomic mass is 14.3. The van der Waals surface area contributed by atoms with E-state index in [0.717, 1.165) is 24.8 Å². The topological polar surface area (TPSA) is 23.8 Å². The Morgan fingerprint density at radius 3 is 2.14 bits per heavy atom. The Labute approximate surface area is 137 Å². The summed E-state index contributed by atoms with van der Waals surface area (Å²) >= 11 is 0. The zero-order chi connectivity index (χ0) is 17.1. The molecule has 0 heterocycles. The van der Waals surface area contributed by atoms with Gasteiger partial charge in [0.2, 0.25) is 0 Å². The van der Waals surface area contributed by atoms with Gasteiger partial charge in [0, 0.05) is 0 Å². The van der Waals surface area contributed by atoms with E-state index in [2.05, 4.69) is 60.3 Å². The molecule has 0 aromatic heterocycles. The standard InChI is InChI=1S/C21H31N/c1-8-12-13-20(15-22)18(10-3)14-19(11-4)21(16(5)6)17(7)9-2/h8-9,12-13,16H,1,10-11,14H2,2-7H3/b13-12-,17-9-,20-18-,21-19+. The minimum absolute atomic E-state index is 0.499. The molecule has 0 bridgehead atoms. The average molecular weight is 297 g/mol. The number of rotatable bonds is 8. The van der Waals surface area contributed by atoms with E-state index in [0.29, 0.717) is 5.92 Å². The van der Waals surface area contributed by atoms with Crippen LogP contribution in [0.2, 0.25) is 0 Å². The van der Waals surface area contributed by atoms with Crippen LogP contribution in [-0.4, -0.2) is 0 Å². The molecule has 0 saturated heterocycles. The van der Waals surface area contributed by atoms with Crippen LogP contribution in [0.4, 0.5) is 0 Å². The van der Waals surface area contributed by atoms with Crippen molar-refractivity contribution in [3.63, 3.8) is 0 Å². The first-order chi connectivity index (χ1) is 10.5. The van der Waals surface area contributed by atoms with Crippen LogP contribution >= 0.6 is 0 Å². The van der Waals surface area contributed by atoms with Crippen molar-refractivity contribution in [1.82, 2.24) is 0 Å². The molecule has 0 unspecified atom stereocenters. The van der Waals surface area contributed by atoms with Gasteiger partial charge in [-0.25, -0.2) is 0 Å². The van der Waals surface area contributed by atoms with E-state index in [9.17, 15) is 5.26 Å². The van der Waals surface area contributed by atoms with Crippen LogP contribution < -0.4 is 0 Å². The van der Waals surface area contributed by atoms with Crippen molar-refractivity contribution in [2.45, 2.75) is 60.8 Å². The lowest BCUT2D eigenvalue weighted by atomic mass is 9.85. The number of hydrogen-bond acceptors (Lipinski definition) is 1. The molecule has 0 rings (SSSR count). The molecule has 0 fully saturated rings. The lowest BCUT2D eigenvalue weighted by Gasteiger charge is -2.20. The molecule has 0 radical (unpaired) electrons. The van der Waals surface area contributed by atoms with Crippen molar-refractivity contribution in [1.29, 1.82) is 5.26 Å². The third-order valence-electron chi connectivity index (χ3n) is 4.00. The second-order valence-corrected chi connectivity index (χ2v) is 5.75. The van der Waals surface area contributed by atoms with Gasteiger partial charge in [0.1, 0.15) is 0 Å². The van der Waals surface area contributed by atoms with E-state index in [4.69, 9.17) is 0 Å². The van der Waals surface area contributed by atoms with Crippen LogP contribution in [0.5, 0.6) is 0 Å². The predicted octanol–water partition coefficient (Wildman–Crippen LogP) is 6.68. The Kier molecular flexibility index (Phi) is 9.96. The molecule has 0 spiro atoms. The van der Waals surface area contributed by atoms with Gasteiger partial charge in [-0.1, -0.05) is 63.6 Å². The van der Waals surface area contributed by atoms with Crippen LogP contribution in [0, 0.1) is 17.2 Å². The molecule has 1 heteroatoms. The van der Waals surface area contributed by atoms with Gasteiger partial charge in [0.05, 0.1) is 11.6 Å². The van der Waals surface area contributed by atoms with Gasteiger partial charge in [-0.3, -0.25) is 0 Å². The Bertz CT molecular complexity index is 531. The van der Waals surface area contributed by atoms with Crippen LogP contribution in [0.3, 0.4) is 0 Å². The Morgan fingerprint density at radius 1 is 1.18 bits per heavy atom. The maximum Gasteiger partial charge on any atom is 0.0991 e. The van der Waals surface area contributed by atoms with Crippen LogP contribution in [0.25, 0.3) is 0 Å². The minimum Gasteiger partial charge on any atom is -0.192 e. The summed E-state index contributed by atoms with van der Waals surface area (Å²) in [5.74, 6) is 0.499. The quantitative estimate of drug-likeness (QED) is 0.362. The van der Waals surface area contributed by atoms with Crippen molar-refractivity contribution in [2.24, 2.45) is 5.92 Å². The molecule has 0 aliphatic heterocycles. The maximum absolute atomic E-state index is 9.42. The normalized spacial score (nSPS) is 14.7. The van der Waals surface area contributed by atoms with Gasteiger partial charge < -0.3 is 0 Å². The average Bonchev–Trinajstić information content (AvgIpc) is 2.52. The van der Waals surface area contributed by atoms with E-state index < -0.39 is 0 Å². The second-order valence-electron chi connectivity index (χ2n) is 5.75. The fourth-order valence-corrected chi connectivity index (χ4v) is 2.78. The first-order valence-electron chi connectivity index (χ1n) is 8.23. The van der Waals surface area contributed by atoms with Gasteiger partial charge in [-0.15, -0.1) is 0 Å². The van der Waals surface area contributed by atoms with E-state index >= 15 is 0 Å². The number of nitrogens with zero attached hydrogens (tertiary/aromatic N) is 1. The first-order valence-corrected chi connectivity index (χ1v) is 8.23. The molecule has 0 N–H and O–H groups in total. The summed E-state index contributed by atoms with van der Waals surface area (Å²) in [5.41, 5.74) is 6.22. The number of allylic oxidation sites excluding steroid dienone is 9. The first kappa shape index (κ1) is 20.2. The third kappa shape index (κ3) is 5.90. The van der Waals surface area contributed by atoms with Gasteiger partial charge in [0.25, 0.3) is 0 Å². The van der Waals surface area contributed by atoms with E-state index in [1.807, 2.05) is 12.2 Å². The van der Waals surface area contributed by atoms with Gasteiger partial charge in [0.15, 0.2) is 0 Å². The zero-order valence-electron chi connectivity index (χ0n) is 15.2. The molecule has 0 aromatic rings. The Hall–Kier alpha value is -1.81. The molecule has 0 saturated carbocycles. The molecule has 0 aliphatic carbocycles. The van der Waals surface area contributed by atoms with Crippen molar-refractivity contribution < 1.29 is 0 Å². The molecule has 0 atom stereocenters. The molecule has 120 valence electrons. The van der Waals surface area contributed by atoms with Crippen LogP contribution in [-0.2, 0) is 0 Å². The van der Waals surface area contributed by atoms with E-state index in [1.165, 1.54) is 22.3 Å². The Balaban J connectivity index is 5.96. The summed E-state index contributed by atoms with van der Waals surface area (Å²) in [6.07, 6.45) is 10.4. The monoisotopic (exact) mass is 297 g/mol. The Morgan fingerprint density at radius 2 is 1.77 bits per heavy atom. The lowest BCUT2D eigenvalue weighted by Crippen LogP contribution is -2.03. The molecular weight excluding hydrogens is 266 g/mol. The summed E-state index contributed by atoms with van der Waals surface area (Å²) in [4.78, 5) is 0. The van der Waals surface area contributed by atoms with Crippen molar-refractivity contribution >= 4 is 0 Å². The highest BCUT2D eigenvalue weighted by Gasteiger charge is 2.13. The zero-order valence-corrected chi connectivity index (χ0v) is 15.2. The van der Waals surface area contributed by atoms with E-state index in [1.54, 1.807) is 6.08 Å². The SMILES string of the molecule is C=C/C=C\C(C#N)=C(/CC)C/C(CC)=C(/C(C)=C\C)C(C)C. The highest BCUT2D eigenvalue weighted by Crippen LogP contribution is 2.30. The molecule has 0 aromatic carbocycles. The highest BCUT2D eigenvalue weighted by molar-refractivity contribution is 5.43.